The van der Waals surface area contributed by atoms with Crippen LogP contribution in [0.25, 0.3) is 22.0 Å². The number of carbonyl (C=O) groups is 3. The number of aryl methyl sites for hydroxylation is 2. The number of carbonyl (C=O) groups excluding carboxylic acids is 3. The van der Waals surface area contributed by atoms with E-state index in [1.807, 2.05) is 44.2 Å². The molecule has 1 saturated carbocycles. The Morgan fingerprint density at radius 1 is 1.10 bits per heavy atom. The summed E-state index contributed by atoms with van der Waals surface area (Å²) in [5, 5.41) is 8.15. The first kappa shape index (κ1) is 27.2. The summed E-state index contributed by atoms with van der Waals surface area (Å²) < 4.78 is 2.19. The van der Waals surface area contributed by atoms with Gasteiger partial charge in [0.15, 0.2) is 5.78 Å². The van der Waals surface area contributed by atoms with Gasteiger partial charge in [-0.3, -0.25) is 19.1 Å². The summed E-state index contributed by atoms with van der Waals surface area (Å²) in [6, 6.07) is 8.67. The van der Waals surface area contributed by atoms with Crippen molar-refractivity contribution in [2.45, 2.75) is 59.7 Å². The molecule has 4 atom stereocenters. The van der Waals surface area contributed by atoms with Crippen molar-refractivity contribution in [3.8, 4) is 11.1 Å². The van der Waals surface area contributed by atoms with Crippen molar-refractivity contribution < 1.29 is 14.4 Å². The van der Waals surface area contributed by atoms with Gasteiger partial charge in [-0.2, -0.15) is 5.10 Å². The number of Topliss-reactive ketones (excluding diaryl/α,β-unsaturated/α-hetero) is 1. The van der Waals surface area contributed by atoms with Crippen molar-refractivity contribution in [2.75, 3.05) is 5.32 Å². The smallest absolute Gasteiger partial charge is 0.248 e. The van der Waals surface area contributed by atoms with E-state index in [0.29, 0.717) is 39.3 Å². The van der Waals surface area contributed by atoms with E-state index >= 15 is 0 Å². The average molecular weight is 617 g/mol. The fourth-order valence-electron chi connectivity index (χ4n) is 6.21. The van der Waals surface area contributed by atoms with Crippen LogP contribution in [-0.4, -0.2) is 59.3 Å². The van der Waals surface area contributed by atoms with E-state index in [0.717, 1.165) is 16.7 Å². The van der Waals surface area contributed by atoms with Gasteiger partial charge in [0.1, 0.15) is 34.5 Å². The van der Waals surface area contributed by atoms with Crippen LogP contribution >= 0.6 is 15.9 Å². The molecular weight excluding hydrogens is 586 g/mol. The normalized spacial score (nSPS) is 23.0. The molecule has 3 aromatic heterocycles. The highest BCUT2D eigenvalue weighted by atomic mass is 79.9. The van der Waals surface area contributed by atoms with Crippen LogP contribution in [0.3, 0.4) is 0 Å². The van der Waals surface area contributed by atoms with E-state index < -0.39 is 6.04 Å². The maximum Gasteiger partial charge on any atom is 0.248 e. The first-order valence-corrected chi connectivity index (χ1v) is 14.3. The zero-order valence-corrected chi connectivity index (χ0v) is 25.1. The number of fused-ring (bicyclic) bond motifs is 2. The lowest BCUT2D eigenvalue weighted by Gasteiger charge is -2.28. The predicted molar refractivity (Wildman–Crippen MR) is 157 cm³/mol. The molecule has 6 rings (SSSR count). The molecule has 1 aromatic carbocycles. The van der Waals surface area contributed by atoms with E-state index in [9.17, 15) is 14.4 Å². The molecule has 0 spiro atoms. The summed E-state index contributed by atoms with van der Waals surface area (Å²) in [4.78, 5) is 54.7. The number of amides is 2. The highest BCUT2D eigenvalue weighted by Gasteiger charge is 2.70. The third kappa shape index (κ3) is 4.61. The van der Waals surface area contributed by atoms with Gasteiger partial charge in [-0.1, -0.05) is 26.0 Å². The molecular formula is C30H30BrN7O3. The van der Waals surface area contributed by atoms with E-state index in [1.165, 1.54) is 6.92 Å². The second kappa shape index (κ2) is 9.83. The largest absolute Gasteiger partial charge is 0.325 e. The number of rotatable bonds is 6. The molecule has 0 bridgehead atoms. The van der Waals surface area contributed by atoms with Crippen molar-refractivity contribution in [1.82, 2.24) is 29.6 Å². The fourth-order valence-corrected chi connectivity index (χ4v) is 6.52. The number of nitrogens with one attached hydrogen (secondary N) is 1. The summed E-state index contributed by atoms with van der Waals surface area (Å²) in [5.74, 6) is 0.753. The Morgan fingerprint density at radius 2 is 1.83 bits per heavy atom. The van der Waals surface area contributed by atoms with Crippen LogP contribution in [-0.2, 0) is 16.1 Å². The quantitative estimate of drug-likeness (QED) is 0.245. The van der Waals surface area contributed by atoms with Crippen molar-refractivity contribution in [2.24, 2.45) is 11.3 Å². The average Bonchev–Trinajstić information content (AvgIpc) is 3.21. The molecule has 41 heavy (non-hydrogen) atoms. The predicted octanol–water partition coefficient (Wildman–Crippen LogP) is 4.73. The number of nitrogens with zero attached hydrogens (tertiary/aromatic N) is 6. The number of aromatic nitrogens is 5. The SMILES string of the molecule is CC(=O)c1nn(CC(=O)N2[C@H]3[C@@H](C)[C@@]3(C)C[C@H]2C(=O)Nc2nc(Br)ccc2C)c2ccc(-c3cnc(C)nc3)cc12. The summed E-state index contributed by atoms with van der Waals surface area (Å²) in [7, 11) is 0. The molecule has 1 N–H and O–H groups in total. The van der Waals surface area contributed by atoms with E-state index in [1.54, 1.807) is 22.0 Å². The number of hydrogen-bond acceptors (Lipinski definition) is 7. The standard InChI is InChI=1S/C30H30BrN7O3/c1-15-6-9-24(31)34-28(15)35-29(41)23-11-30(5)16(2)27(30)38(23)25(40)14-37-22-8-7-19(20-12-32-18(4)33-13-20)10-21(22)26(36-37)17(3)39/h6-10,12-13,16,23,27H,11,14H2,1-5H3,(H,34,35,41)/t16-,23+,27+,30-/m1/s1. The molecule has 1 aliphatic heterocycles. The third-order valence-electron chi connectivity index (χ3n) is 8.73. The van der Waals surface area contributed by atoms with Crippen LogP contribution < -0.4 is 5.32 Å². The van der Waals surface area contributed by atoms with Crippen molar-refractivity contribution >= 4 is 50.2 Å². The number of hydrogen-bond donors (Lipinski definition) is 1. The number of halogens is 1. The third-order valence-corrected chi connectivity index (χ3v) is 9.17. The molecule has 1 saturated heterocycles. The second-order valence-electron chi connectivity index (χ2n) is 11.4. The van der Waals surface area contributed by atoms with Gasteiger partial charge in [-0.15, -0.1) is 0 Å². The van der Waals surface area contributed by atoms with Gasteiger partial charge in [-0.05, 0) is 76.9 Å². The summed E-state index contributed by atoms with van der Waals surface area (Å²) in [5.41, 5.74) is 3.33. The summed E-state index contributed by atoms with van der Waals surface area (Å²) in [6.07, 6.45) is 4.05. The zero-order valence-electron chi connectivity index (χ0n) is 23.5. The van der Waals surface area contributed by atoms with Crippen LogP contribution in [0.4, 0.5) is 5.82 Å². The molecule has 11 heteroatoms. The Kier molecular flexibility index (Phi) is 6.52. The van der Waals surface area contributed by atoms with E-state index in [4.69, 9.17) is 0 Å². The molecule has 0 unspecified atom stereocenters. The lowest BCUT2D eigenvalue weighted by molar-refractivity contribution is -0.138. The number of ketones is 1. The fraction of sp³-hybridized carbons (Fsp3) is 0.367. The maximum absolute atomic E-state index is 13.9. The minimum Gasteiger partial charge on any atom is -0.325 e. The summed E-state index contributed by atoms with van der Waals surface area (Å²) >= 11 is 3.36. The maximum atomic E-state index is 13.9. The molecule has 10 nitrogen and oxygen atoms in total. The molecule has 4 heterocycles. The number of piperidine rings is 1. The van der Waals surface area contributed by atoms with Gasteiger partial charge in [-0.25, -0.2) is 15.0 Å². The van der Waals surface area contributed by atoms with E-state index in [-0.39, 0.29) is 41.5 Å². The van der Waals surface area contributed by atoms with Gasteiger partial charge in [0, 0.05) is 36.3 Å². The van der Waals surface area contributed by atoms with E-state index in [2.05, 4.69) is 55.1 Å². The lowest BCUT2D eigenvalue weighted by Crippen LogP contribution is -2.47. The number of benzene rings is 1. The van der Waals surface area contributed by atoms with Crippen LogP contribution in [0.2, 0.25) is 0 Å². The van der Waals surface area contributed by atoms with Crippen LogP contribution in [0.1, 0.15) is 49.1 Å². The Labute approximate surface area is 245 Å². The van der Waals surface area contributed by atoms with Crippen LogP contribution in [0.5, 0.6) is 0 Å². The van der Waals surface area contributed by atoms with Crippen molar-refractivity contribution in [3.63, 3.8) is 0 Å². The van der Waals surface area contributed by atoms with Gasteiger partial charge in [0.25, 0.3) is 0 Å². The molecule has 1 aliphatic carbocycles. The highest BCUT2D eigenvalue weighted by Crippen LogP contribution is 2.64. The number of pyridine rings is 1. The monoisotopic (exact) mass is 615 g/mol. The Balaban J connectivity index is 1.31. The number of anilines is 1. The van der Waals surface area contributed by atoms with Gasteiger partial charge >= 0.3 is 0 Å². The highest BCUT2D eigenvalue weighted by molar-refractivity contribution is 9.10. The Morgan fingerprint density at radius 3 is 2.54 bits per heavy atom. The van der Waals surface area contributed by atoms with Gasteiger partial charge in [0.05, 0.1) is 5.52 Å². The topological polar surface area (TPSA) is 123 Å². The minimum absolute atomic E-state index is 0.0374. The van der Waals surface area contributed by atoms with Crippen LogP contribution in [0, 0.1) is 25.2 Å². The van der Waals surface area contributed by atoms with Crippen molar-refractivity contribution in [1.29, 1.82) is 0 Å². The summed E-state index contributed by atoms with van der Waals surface area (Å²) in [6.45, 7) is 9.32. The molecule has 210 valence electrons. The zero-order chi connectivity index (χ0) is 29.2. The van der Waals surface area contributed by atoms with Gasteiger partial charge in [0.2, 0.25) is 11.8 Å². The molecule has 2 fully saturated rings. The molecule has 2 aliphatic rings. The molecule has 4 aromatic rings. The Bertz CT molecular complexity index is 1730. The lowest BCUT2D eigenvalue weighted by atomic mass is 9.98. The molecule has 0 radical (unpaired) electrons. The first-order chi connectivity index (χ1) is 19.5. The Hall–Kier alpha value is -3.99. The van der Waals surface area contributed by atoms with Crippen molar-refractivity contribution in [3.05, 3.63) is 64.4 Å². The molecule has 2 amide bonds. The second-order valence-corrected chi connectivity index (χ2v) is 12.2. The minimum atomic E-state index is -0.629. The van der Waals surface area contributed by atoms with Gasteiger partial charge < -0.3 is 10.2 Å². The number of likely N-dealkylation sites (tertiary alicyclic amines) is 1. The first-order valence-electron chi connectivity index (χ1n) is 13.5. The van der Waals surface area contributed by atoms with Crippen LogP contribution in [0.15, 0.2) is 47.3 Å².